The second kappa shape index (κ2) is 9.43. The number of halogens is 3. The molecule has 1 fully saturated rings. The van der Waals surface area contributed by atoms with E-state index in [4.69, 9.17) is 4.74 Å². The highest BCUT2D eigenvalue weighted by Gasteiger charge is 2.30. The van der Waals surface area contributed by atoms with E-state index in [9.17, 15) is 22.8 Å². The lowest BCUT2D eigenvalue weighted by atomic mass is 10.1. The first-order chi connectivity index (χ1) is 15.8. The molecule has 1 aromatic carbocycles. The van der Waals surface area contributed by atoms with Crippen molar-refractivity contribution in [3.05, 3.63) is 59.9 Å². The number of amides is 2. The lowest BCUT2D eigenvalue weighted by Gasteiger charge is -2.26. The molecule has 1 aliphatic heterocycles. The number of hydrogen-bond donors (Lipinski definition) is 1. The van der Waals surface area contributed by atoms with Gasteiger partial charge in [0, 0.05) is 30.7 Å². The molecular weight excluding hydrogens is 437 g/mol. The molecule has 172 valence electrons. The number of rotatable bonds is 5. The molecule has 33 heavy (non-hydrogen) atoms. The summed E-state index contributed by atoms with van der Waals surface area (Å²) in [4.78, 5) is 34.4. The molecule has 0 atom stereocenters. The fraction of sp³-hybridized carbons (Fsp3) is 0.304. The van der Waals surface area contributed by atoms with E-state index in [1.807, 2.05) is 0 Å². The van der Waals surface area contributed by atoms with Crippen molar-refractivity contribution in [3.8, 4) is 11.6 Å². The monoisotopic (exact) mass is 458 g/mol. The highest BCUT2D eigenvalue weighted by atomic mass is 19.4. The Labute approximate surface area is 187 Å². The van der Waals surface area contributed by atoms with Gasteiger partial charge in [-0.1, -0.05) is 6.07 Å². The molecule has 0 saturated carbocycles. The average molecular weight is 458 g/mol. The number of pyridine rings is 2. The van der Waals surface area contributed by atoms with E-state index in [0.717, 1.165) is 44.5 Å². The van der Waals surface area contributed by atoms with Crippen molar-refractivity contribution in [3.63, 3.8) is 0 Å². The predicted molar refractivity (Wildman–Crippen MR) is 114 cm³/mol. The molecule has 4 rings (SSSR count). The highest BCUT2D eigenvalue weighted by molar-refractivity contribution is 5.97. The minimum Gasteiger partial charge on any atom is -0.439 e. The van der Waals surface area contributed by atoms with E-state index < -0.39 is 17.6 Å². The SMILES string of the molecule is O=C(NCC(=O)N1CCCCC1)c1ccc2cc(Oc3ccc(C(F)(F)F)cn3)ccc2n1. The maximum absolute atomic E-state index is 12.6. The van der Waals surface area contributed by atoms with Gasteiger partial charge in [-0.3, -0.25) is 9.59 Å². The summed E-state index contributed by atoms with van der Waals surface area (Å²) in [6.45, 7) is 1.36. The fourth-order valence-corrected chi connectivity index (χ4v) is 3.52. The van der Waals surface area contributed by atoms with Crippen molar-refractivity contribution in [2.24, 2.45) is 0 Å². The van der Waals surface area contributed by atoms with Crippen LogP contribution < -0.4 is 10.1 Å². The standard InChI is InChI=1S/C23H21F3N4O3/c24-23(25,26)16-5-9-20(27-13-16)33-17-6-8-18-15(12-17)4-7-19(29-18)22(32)28-14-21(31)30-10-2-1-3-11-30/h4-9,12-13H,1-3,10-11,14H2,(H,28,32). The van der Waals surface area contributed by atoms with Gasteiger partial charge in [0.2, 0.25) is 11.8 Å². The molecule has 2 aromatic heterocycles. The Balaban J connectivity index is 1.39. The van der Waals surface area contributed by atoms with E-state index in [1.165, 1.54) is 6.07 Å². The number of carbonyl (C=O) groups is 2. The van der Waals surface area contributed by atoms with Crippen LogP contribution in [0.4, 0.5) is 13.2 Å². The van der Waals surface area contributed by atoms with Crippen LogP contribution in [0.15, 0.2) is 48.7 Å². The van der Waals surface area contributed by atoms with Crippen LogP contribution in [0.3, 0.4) is 0 Å². The van der Waals surface area contributed by atoms with Crippen molar-refractivity contribution in [2.45, 2.75) is 25.4 Å². The minimum absolute atomic E-state index is 0.0182. The Kier molecular flexibility index (Phi) is 6.43. The van der Waals surface area contributed by atoms with Gasteiger partial charge in [-0.15, -0.1) is 0 Å². The number of aromatic nitrogens is 2. The van der Waals surface area contributed by atoms with E-state index in [-0.39, 0.29) is 24.0 Å². The number of piperidine rings is 1. The summed E-state index contributed by atoms with van der Waals surface area (Å²) in [5, 5.41) is 3.28. The molecule has 10 heteroatoms. The Morgan fingerprint density at radius 1 is 1.03 bits per heavy atom. The maximum atomic E-state index is 12.6. The molecule has 1 aliphatic rings. The molecule has 3 aromatic rings. The summed E-state index contributed by atoms with van der Waals surface area (Å²) in [6, 6.07) is 10.1. The molecule has 7 nitrogen and oxygen atoms in total. The summed E-state index contributed by atoms with van der Waals surface area (Å²) in [5.74, 6) is -0.176. The summed E-state index contributed by atoms with van der Waals surface area (Å²) >= 11 is 0. The third-order valence-corrected chi connectivity index (χ3v) is 5.29. The topological polar surface area (TPSA) is 84.4 Å². The third kappa shape index (κ3) is 5.57. The van der Waals surface area contributed by atoms with Gasteiger partial charge < -0.3 is 15.0 Å². The Morgan fingerprint density at radius 3 is 2.52 bits per heavy atom. The normalized spacial score (nSPS) is 14.2. The first-order valence-electron chi connectivity index (χ1n) is 10.5. The van der Waals surface area contributed by atoms with Crippen LogP contribution in [-0.2, 0) is 11.0 Å². The second-order valence-electron chi connectivity index (χ2n) is 7.66. The van der Waals surface area contributed by atoms with Gasteiger partial charge in [0.05, 0.1) is 17.6 Å². The first-order valence-corrected chi connectivity index (χ1v) is 10.5. The number of hydrogen-bond acceptors (Lipinski definition) is 5. The summed E-state index contributed by atoms with van der Waals surface area (Å²) in [5.41, 5.74) is -0.161. The molecular formula is C23H21F3N4O3. The van der Waals surface area contributed by atoms with Crippen molar-refractivity contribution in [1.82, 2.24) is 20.2 Å². The number of carbonyl (C=O) groups excluding carboxylic acids is 2. The van der Waals surface area contributed by atoms with E-state index in [1.54, 1.807) is 29.2 Å². The molecule has 1 N–H and O–H groups in total. The van der Waals surface area contributed by atoms with E-state index >= 15 is 0 Å². The molecule has 0 radical (unpaired) electrons. The van der Waals surface area contributed by atoms with Crippen molar-refractivity contribution < 1.29 is 27.5 Å². The largest absolute Gasteiger partial charge is 0.439 e. The number of ether oxygens (including phenoxy) is 1. The van der Waals surface area contributed by atoms with Gasteiger partial charge >= 0.3 is 6.18 Å². The summed E-state index contributed by atoms with van der Waals surface area (Å²) in [7, 11) is 0. The fourth-order valence-electron chi connectivity index (χ4n) is 3.52. The highest BCUT2D eigenvalue weighted by Crippen LogP contribution is 2.30. The molecule has 3 heterocycles. The third-order valence-electron chi connectivity index (χ3n) is 5.29. The van der Waals surface area contributed by atoms with Crippen molar-refractivity contribution in [2.75, 3.05) is 19.6 Å². The first kappa shape index (κ1) is 22.5. The second-order valence-corrected chi connectivity index (χ2v) is 7.66. The van der Waals surface area contributed by atoms with Crippen LogP contribution in [0.5, 0.6) is 11.6 Å². The number of alkyl halides is 3. The smallest absolute Gasteiger partial charge is 0.417 e. The number of likely N-dealkylation sites (tertiary alicyclic amines) is 1. The molecule has 1 saturated heterocycles. The molecule has 2 amide bonds. The number of fused-ring (bicyclic) bond motifs is 1. The van der Waals surface area contributed by atoms with Gasteiger partial charge in [-0.05, 0) is 49.6 Å². The summed E-state index contributed by atoms with van der Waals surface area (Å²) < 4.78 is 43.5. The maximum Gasteiger partial charge on any atom is 0.417 e. The summed E-state index contributed by atoms with van der Waals surface area (Å²) in [6.07, 6.45) is -0.687. The number of nitrogens with zero attached hydrogens (tertiary/aromatic N) is 3. The van der Waals surface area contributed by atoms with Gasteiger partial charge in [0.25, 0.3) is 5.91 Å². The Bertz CT molecular complexity index is 1160. The quantitative estimate of drug-likeness (QED) is 0.620. The van der Waals surface area contributed by atoms with Crippen LogP contribution in [0.1, 0.15) is 35.3 Å². The lowest BCUT2D eigenvalue weighted by Crippen LogP contribution is -2.42. The number of benzene rings is 1. The van der Waals surface area contributed by atoms with Crippen LogP contribution >= 0.6 is 0 Å². The molecule has 0 bridgehead atoms. The zero-order valence-electron chi connectivity index (χ0n) is 17.6. The minimum atomic E-state index is -4.47. The molecule has 0 aliphatic carbocycles. The van der Waals surface area contributed by atoms with E-state index in [0.29, 0.717) is 22.8 Å². The molecule has 0 unspecified atom stereocenters. The van der Waals surface area contributed by atoms with Crippen LogP contribution in [0.2, 0.25) is 0 Å². The number of nitrogens with one attached hydrogen (secondary N) is 1. The van der Waals surface area contributed by atoms with Crippen molar-refractivity contribution in [1.29, 1.82) is 0 Å². The lowest BCUT2D eigenvalue weighted by molar-refractivity contribution is -0.137. The van der Waals surface area contributed by atoms with Crippen molar-refractivity contribution >= 4 is 22.7 Å². The van der Waals surface area contributed by atoms with Gasteiger partial charge in [-0.2, -0.15) is 13.2 Å². The average Bonchev–Trinajstić information content (AvgIpc) is 2.82. The predicted octanol–water partition coefficient (Wildman–Crippen LogP) is 4.18. The van der Waals surface area contributed by atoms with Gasteiger partial charge in [0.15, 0.2) is 0 Å². The molecule has 0 spiro atoms. The van der Waals surface area contributed by atoms with E-state index in [2.05, 4.69) is 15.3 Å². The zero-order valence-corrected chi connectivity index (χ0v) is 17.6. The Morgan fingerprint density at radius 2 is 1.82 bits per heavy atom. The Hall–Kier alpha value is -3.69. The van der Waals surface area contributed by atoms with Gasteiger partial charge in [-0.25, -0.2) is 9.97 Å². The van der Waals surface area contributed by atoms with Crippen LogP contribution in [0.25, 0.3) is 10.9 Å². The van der Waals surface area contributed by atoms with Gasteiger partial charge in [0.1, 0.15) is 11.4 Å². The zero-order chi connectivity index (χ0) is 23.4. The van der Waals surface area contributed by atoms with Crippen LogP contribution in [0, 0.1) is 0 Å². The van der Waals surface area contributed by atoms with Crippen LogP contribution in [-0.4, -0.2) is 46.3 Å².